The summed E-state index contributed by atoms with van der Waals surface area (Å²) in [6.07, 6.45) is 5.33. The molecule has 3 atom stereocenters. The molecule has 6 rings (SSSR count). The highest BCUT2D eigenvalue weighted by molar-refractivity contribution is 6.31. The molecule has 1 saturated carbocycles. The maximum atomic E-state index is 13.6. The van der Waals surface area contributed by atoms with E-state index in [2.05, 4.69) is 34.4 Å². The summed E-state index contributed by atoms with van der Waals surface area (Å²) < 4.78 is 37.8. The van der Waals surface area contributed by atoms with E-state index in [1.54, 1.807) is 13.2 Å². The molecular weight excluding hydrogens is 511 g/mol. The molecule has 202 valence electrons. The highest BCUT2D eigenvalue weighted by Crippen LogP contribution is 2.62. The lowest BCUT2D eigenvalue weighted by atomic mass is 9.85. The van der Waals surface area contributed by atoms with Crippen molar-refractivity contribution in [3.63, 3.8) is 0 Å². The zero-order valence-electron chi connectivity index (χ0n) is 21.8. The number of rotatable bonds is 8. The number of ether oxygens (including phenoxy) is 4. The van der Waals surface area contributed by atoms with Gasteiger partial charge in [0.1, 0.15) is 24.7 Å². The third-order valence-corrected chi connectivity index (χ3v) is 8.23. The largest absolute Gasteiger partial charge is 0.493 e. The number of benzene rings is 2. The van der Waals surface area contributed by atoms with Crippen LogP contribution in [0.2, 0.25) is 5.02 Å². The van der Waals surface area contributed by atoms with E-state index in [0.29, 0.717) is 47.8 Å². The molecule has 0 amide bonds. The van der Waals surface area contributed by atoms with Crippen LogP contribution in [0.1, 0.15) is 39.5 Å². The number of methoxy groups -OCH3 is 1. The van der Waals surface area contributed by atoms with Crippen molar-refractivity contribution in [2.24, 2.45) is 11.3 Å². The summed E-state index contributed by atoms with van der Waals surface area (Å²) >= 11 is 5.95. The van der Waals surface area contributed by atoms with Crippen LogP contribution in [0.3, 0.4) is 0 Å². The Hall–Kier alpha value is -2.72. The molecule has 3 unspecified atom stereocenters. The molecule has 2 aromatic carbocycles. The van der Waals surface area contributed by atoms with Gasteiger partial charge in [-0.1, -0.05) is 25.4 Å². The van der Waals surface area contributed by atoms with Crippen molar-refractivity contribution in [3.05, 3.63) is 47.5 Å². The van der Waals surface area contributed by atoms with Crippen LogP contribution in [-0.4, -0.2) is 48.3 Å². The summed E-state index contributed by atoms with van der Waals surface area (Å²) in [4.78, 5) is 8.75. The van der Waals surface area contributed by atoms with Gasteiger partial charge >= 0.3 is 0 Å². The standard InChI is InChI=1S/C28H32ClFN4O4/c1-26(2)13-28(37-14-26)27(33-16-38-28)12-17(27)5-4-8-36-24-10-19-22(11-23(24)35-3)31-15-32-25(19)34-18-6-7-21(30)20(29)9-18/h6-7,9-11,15,17,33H,4-5,8,12-14,16H2,1-3H3,(H,31,32,34). The van der Waals surface area contributed by atoms with Gasteiger partial charge in [-0.05, 0) is 54.9 Å². The van der Waals surface area contributed by atoms with E-state index in [1.165, 1.54) is 18.5 Å². The molecule has 3 fully saturated rings. The quantitative estimate of drug-likeness (QED) is 0.345. The first-order chi connectivity index (χ1) is 18.2. The molecule has 8 nitrogen and oxygen atoms in total. The summed E-state index contributed by atoms with van der Waals surface area (Å²) in [5.41, 5.74) is 1.35. The monoisotopic (exact) mass is 542 g/mol. The zero-order chi connectivity index (χ0) is 26.5. The molecule has 1 aromatic heterocycles. The van der Waals surface area contributed by atoms with Crippen molar-refractivity contribution in [2.45, 2.75) is 50.9 Å². The van der Waals surface area contributed by atoms with Crippen molar-refractivity contribution in [2.75, 3.05) is 32.4 Å². The van der Waals surface area contributed by atoms with Gasteiger partial charge in [-0.2, -0.15) is 0 Å². The van der Waals surface area contributed by atoms with Gasteiger partial charge in [0.25, 0.3) is 0 Å². The van der Waals surface area contributed by atoms with Crippen LogP contribution in [0.5, 0.6) is 11.5 Å². The summed E-state index contributed by atoms with van der Waals surface area (Å²) in [5, 5.41) is 7.58. The second kappa shape index (κ2) is 9.48. The number of nitrogens with zero attached hydrogens (tertiary/aromatic N) is 2. The Kier molecular flexibility index (Phi) is 6.38. The topological polar surface area (TPSA) is 86.8 Å². The van der Waals surface area contributed by atoms with Crippen molar-refractivity contribution in [1.82, 2.24) is 15.3 Å². The minimum atomic E-state index is -0.498. The van der Waals surface area contributed by atoms with Crippen LogP contribution in [0.15, 0.2) is 36.7 Å². The average molecular weight is 543 g/mol. The van der Waals surface area contributed by atoms with Gasteiger partial charge in [0.05, 0.1) is 36.4 Å². The van der Waals surface area contributed by atoms with Crippen LogP contribution >= 0.6 is 11.6 Å². The SMILES string of the molecule is COc1cc2ncnc(Nc3ccc(F)c(Cl)c3)c2cc1OCCCC1CC12NCOC21CC(C)(C)CO1. The summed E-state index contributed by atoms with van der Waals surface area (Å²) in [7, 11) is 1.61. The first-order valence-corrected chi connectivity index (χ1v) is 13.3. The van der Waals surface area contributed by atoms with Gasteiger partial charge in [0.15, 0.2) is 17.3 Å². The lowest BCUT2D eigenvalue weighted by Gasteiger charge is -2.30. The van der Waals surface area contributed by atoms with Crippen molar-refractivity contribution < 1.29 is 23.3 Å². The van der Waals surface area contributed by atoms with Gasteiger partial charge in [0.2, 0.25) is 0 Å². The fourth-order valence-corrected chi connectivity index (χ4v) is 6.17. The Balaban J connectivity index is 1.13. The maximum absolute atomic E-state index is 13.6. The second-order valence-corrected chi connectivity index (χ2v) is 11.6. The van der Waals surface area contributed by atoms with Crippen LogP contribution in [-0.2, 0) is 9.47 Å². The fourth-order valence-electron chi connectivity index (χ4n) is 5.99. The van der Waals surface area contributed by atoms with Crippen LogP contribution in [0.25, 0.3) is 10.9 Å². The number of halogens is 2. The fraction of sp³-hybridized carbons (Fsp3) is 0.500. The van der Waals surface area contributed by atoms with E-state index in [4.69, 9.17) is 30.5 Å². The summed E-state index contributed by atoms with van der Waals surface area (Å²) in [6, 6.07) is 8.13. The van der Waals surface area contributed by atoms with E-state index < -0.39 is 11.6 Å². The van der Waals surface area contributed by atoms with E-state index in [1.807, 2.05) is 12.1 Å². The van der Waals surface area contributed by atoms with Crippen molar-refractivity contribution in [3.8, 4) is 11.5 Å². The Labute approximate surface area is 226 Å². The summed E-state index contributed by atoms with van der Waals surface area (Å²) in [6.45, 7) is 6.28. The molecule has 3 aromatic rings. The van der Waals surface area contributed by atoms with E-state index in [-0.39, 0.29) is 16.0 Å². The molecule has 10 heteroatoms. The number of fused-ring (bicyclic) bond motifs is 2. The van der Waals surface area contributed by atoms with Crippen LogP contribution < -0.4 is 20.1 Å². The minimum Gasteiger partial charge on any atom is -0.493 e. The van der Waals surface area contributed by atoms with Gasteiger partial charge in [-0.3, -0.25) is 5.32 Å². The number of anilines is 2. The molecule has 38 heavy (non-hydrogen) atoms. The first-order valence-electron chi connectivity index (χ1n) is 12.9. The number of aromatic nitrogens is 2. The van der Waals surface area contributed by atoms with Gasteiger partial charge in [-0.15, -0.1) is 0 Å². The second-order valence-electron chi connectivity index (χ2n) is 11.2. The van der Waals surface area contributed by atoms with E-state index in [0.717, 1.165) is 37.7 Å². The van der Waals surface area contributed by atoms with Crippen molar-refractivity contribution in [1.29, 1.82) is 0 Å². The Bertz CT molecular complexity index is 1370. The molecular formula is C28H32ClFN4O4. The Morgan fingerprint density at radius 2 is 2.05 bits per heavy atom. The normalized spacial score (nSPS) is 27.3. The first kappa shape index (κ1) is 25.6. The zero-order valence-corrected chi connectivity index (χ0v) is 22.5. The minimum absolute atomic E-state index is 0.0324. The molecule has 2 aliphatic heterocycles. The molecule has 2 spiro atoms. The van der Waals surface area contributed by atoms with E-state index >= 15 is 0 Å². The molecule has 2 saturated heterocycles. The van der Waals surface area contributed by atoms with Gasteiger partial charge in [0, 0.05) is 23.6 Å². The third kappa shape index (κ3) is 4.45. The van der Waals surface area contributed by atoms with Crippen LogP contribution in [0, 0.1) is 17.2 Å². The maximum Gasteiger partial charge on any atom is 0.189 e. The predicted octanol–water partition coefficient (Wildman–Crippen LogP) is 5.81. The van der Waals surface area contributed by atoms with Crippen molar-refractivity contribution >= 4 is 34.0 Å². The highest BCUT2D eigenvalue weighted by atomic mass is 35.5. The molecule has 3 aliphatic rings. The third-order valence-electron chi connectivity index (χ3n) is 7.94. The smallest absolute Gasteiger partial charge is 0.189 e. The number of nitrogens with one attached hydrogen (secondary N) is 2. The van der Waals surface area contributed by atoms with Gasteiger partial charge in [-0.25, -0.2) is 14.4 Å². The van der Waals surface area contributed by atoms with E-state index in [9.17, 15) is 4.39 Å². The summed E-state index contributed by atoms with van der Waals surface area (Å²) in [5.74, 6) is 1.28. The van der Waals surface area contributed by atoms with Crippen LogP contribution in [0.4, 0.5) is 15.9 Å². The van der Waals surface area contributed by atoms with Gasteiger partial charge < -0.3 is 24.3 Å². The predicted molar refractivity (Wildman–Crippen MR) is 143 cm³/mol. The Morgan fingerprint density at radius 3 is 2.82 bits per heavy atom. The highest BCUT2D eigenvalue weighted by Gasteiger charge is 2.73. The number of hydrogen-bond donors (Lipinski definition) is 2. The lowest BCUT2D eigenvalue weighted by molar-refractivity contribution is -0.194. The molecule has 2 N–H and O–H groups in total. The lowest BCUT2D eigenvalue weighted by Crippen LogP contribution is -2.47. The molecule has 3 heterocycles. The molecule has 1 aliphatic carbocycles. The molecule has 0 radical (unpaired) electrons. The average Bonchev–Trinajstić information content (AvgIpc) is 3.35. The Morgan fingerprint density at radius 1 is 1.18 bits per heavy atom. The number of hydrogen-bond acceptors (Lipinski definition) is 8. The molecule has 0 bridgehead atoms.